The lowest BCUT2D eigenvalue weighted by Gasteiger charge is -2.26. The van der Waals surface area contributed by atoms with Crippen molar-refractivity contribution in [2.24, 2.45) is 0 Å². The molecule has 11 heteroatoms. The Kier molecular flexibility index (Phi) is 7.18. The van der Waals surface area contributed by atoms with E-state index in [0.717, 1.165) is 49.4 Å². The zero-order chi connectivity index (χ0) is 24.2. The molecular formula is C23H33N7O4. The first-order valence-corrected chi connectivity index (χ1v) is 12.1. The summed E-state index contributed by atoms with van der Waals surface area (Å²) in [5, 5.41) is 2.58. The molecule has 184 valence electrons. The third-order valence-corrected chi connectivity index (χ3v) is 6.50. The van der Waals surface area contributed by atoms with Gasteiger partial charge in [-0.3, -0.25) is 9.59 Å². The monoisotopic (exact) mass is 471 g/mol. The molecule has 2 aliphatic heterocycles. The number of ether oxygens (including phenoxy) is 1. The molecular weight excluding hydrogens is 438 g/mol. The fourth-order valence-electron chi connectivity index (χ4n) is 4.81. The molecule has 0 bridgehead atoms. The van der Waals surface area contributed by atoms with Crippen LogP contribution >= 0.6 is 0 Å². The second-order valence-corrected chi connectivity index (χ2v) is 8.74. The smallest absolute Gasteiger partial charge is 0.407 e. The maximum atomic E-state index is 13.0. The van der Waals surface area contributed by atoms with Gasteiger partial charge >= 0.3 is 6.09 Å². The SMILES string of the molecule is CCOC(=O)N[C@H](C)C(=O)N1CCC[C@H]1c1ncc(-c2cnc([C@@H]3CCCN3C(=O)CC)[nH]2)[nH]1. The van der Waals surface area contributed by atoms with Crippen LogP contribution in [0.2, 0.25) is 0 Å². The number of carbonyl (C=O) groups is 3. The molecule has 0 spiro atoms. The lowest BCUT2D eigenvalue weighted by molar-refractivity contribution is -0.134. The predicted molar refractivity (Wildman–Crippen MR) is 123 cm³/mol. The van der Waals surface area contributed by atoms with Crippen molar-refractivity contribution < 1.29 is 19.1 Å². The molecule has 0 aromatic carbocycles. The second kappa shape index (κ2) is 10.3. The molecule has 3 N–H and O–H groups in total. The standard InChI is InChI=1S/C23H33N7O4/c1-4-19(31)29-10-6-8-17(29)20-24-12-15(27-20)16-13-25-21(28-16)18-9-7-11-30(18)22(32)14(3)26-23(33)34-5-2/h12-14,17-18H,4-11H2,1-3H3,(H,24,27)(H,25,28)(H,26,33)/t14-,17+,18+/m1/s1. The quantitative estimate of drug-likeness (QED) is 0.568. The van der Waals surface area contributed by atoms with Crippen molar-refractivity contribution >= 4 is 17.9 Å². The lowest BCUT2D eigenvalue weighted by atomic mass is 10.2. The molecule has 2 fully saturated rings. The summed E-state index contributed by atoms with van der Waals surface area (Å²) in [7, 11) is 0. The van der Waals surface area contributed by atoms with Crippen molar-refractivity contribution in [3.63, 3.8) is 0 Å². The summed E-state index contributed by atoms with van der Waals surface area (Å²) in [6.07, 6.45) is 6.87. The maximum absolute atomic E-state index is 13.0. The minimum absolute atomic E-state index is 0.0278. The summed E-state index contributed by atoms with van der Waals surface area (Å²) in [6.45, 7) is 6.86. The van der Waals surface area contributed by atoms with Crippen LogP contribution in [0.1, 0.15) is 76.6 Å². The molecule has 0 aliphatic carbocycles. The van der Waals surface area contributed by atoms with Crippen molar-refractivity contribution in [2.75, 3.05) is 19.7 Å². The molecule has 0 saturated carbocycles. The van der Waals surface area contributed by atoms with Gasteiger partial charge in [0, 0.05) is 19.5 Å². The van der Waals surface area contributed by atoms with Gasteiger partial charge in [0.1, 0.15) is 17.7 Å². The van der Waals surface area contributed by atoms with E-state index in [1.807, 2.05) is 11.8 Å². The number of alkyl carbamates (subject to hydrolysis) is 1. The summed E-state index contributed by atoms with van der Waals surface area (Å²) in [5.41, 5.74) is 1.56. The van der Waals surface area contributed by atoms with Crippen molar-refractivity contribution in [1.29, 1.82) is 0 Å². The number of aromatic amines is 2. The highest BCUT2D eigenvalue weighted by molar-refractivity contribution is 5.85. The number of imidazole rings is 2. The van der Waals surface area contributed by atoms with E-state index in [1.165, 1.54) is 0 Å². The normalized spacial score (nSPS) is 21.0. The zero-order valence-corrected chi connectivity index (χ0v) is 20.0. The number of nitrogens with one attached hydrogen (secondary N) is 3. The van der Waals surface area contributed by atoms with E-state index in [1.54, 1.807) is 31.1 Å². The van der Waals surface area contributed by atoms with Gasteiger partial charge in [-0.05, 0) is 39.5 Å². The molecule has 0 radical (unpaired) electrons. The zero-order valence-electron chi connectivity index (χ0n) is 20.0. The van der Waals surface area contributed by atoms with E-state index >= 15 is 0 Å². The van der Waals surface area contributed by atoms with Gasteiger partial charge in [0.05, 0.1) is 42.5 Å². The van der Waals surface area contributed by atoms with Crippen LogP contribution in [0, 0.1) is 0 Å². The van der Waals surface area contributed by atoms with Crippen LogP contribution in [0.25, 0.3) is 11.4 Å². The van der Waals surface area contributed by atoms with E-state index in [0.29, 0.717) is 18.8 Å². The van der Waals surface area contributed by atoms with Gasteiger partial charge in [-0.15, -0.1) is 0 Å². The van der Waals surface area contributed by atoms with Crippen molar-refractivity contribution in [3.05, 3.63) is 24.0 Å². The van der Waals surface area contributed by atoms with Crippen LogP contribution in [0.5, 0.6) is 0 Å². The van der Waals surface area contributed by atoms with Crippen LogP contribution in [0.4, 0.5) is 4.79 Å². The highest BCUT2D eigenvalue weighted by atomic mass is 16.5. The summed E-state index contributed by atoms with van der Waals surface area (Å²) < 4.78 is 4.88. The molecule has 2 aromatic heterocycles. The fraction of sp³-hybridized carbons (Fsp3) is 0.609. The average Bonchev–Trinajstić information content (AvgIpc) is 3.62. The van der Waals surface area contributed by atoms with Gasteiger partial charge in [0.25, 0.3) is 0 Å². The van der Waals surface area contributed by atoms with E-state index in [-0.39, 0.29) is 30.5 Å². The second-order valence-electron chi connectivity index (χ2n) is 8.74. The summed E-state index contributed by atoms with van der Waals surface area (Å²) in [4.78, 5) is 56.4. The van der Waals surface area contributed by atoms with Crippen LogP contribution in [0.15, 0.2) is 12.4 Å². The van der Waals surface area contributed by atoms with Crippen LogP contribution in [0.3, 0.4) is 0 Å². The number of hydrogen-bond donors (Lipinski definition) is 3. The first kappa shape index (κ1) is 23.8. The highest BCUT2D eigenvalue weighted by Gasteiger charge is 2.35. The molecule has 0 unspecified atom stereocenters. The average molecular weight is 472 g/mol. The Balaban J connectivity index is 1.45. The molecule has 11 nitrogen and oxygen atoms in total. The number of nitrogens with zero attached hydrogens (tertiary/aromatic N) is 4. The Morgan fingerprint density at radius 3 is 2.15 bits per heavy atom. The molecule has 3 amide bonds. The van der Waals surface area contributed by atoms with Gasteiger partial charge in [0.2, 0.25) is 11.8 Å². The number of amides is 3. The molecule has 4 heterocycles. The minimum Gasteiger partial charge on any atom is -0.450 e. The van der Waals surface area contributed by atoms with Crippen LogP contribution < -0.4 is 5.32 Å². The number of carbonyl (C=O) groups excluding carboxylic acids is 3. The van der Waals surface area contributed by atoms with E-state index < -0.39 is 12.1 Å². The molecule has 4 rings (SSSR count). The largest absolute Gasteiger partial charge is 0.450 e. The molecule has 2 aliphatic rings. The molecule has 34 heavy (non-hydrogen) atoms. The van der Waals surface area contributed by atoms with E-state index in [2.05, 4.69) is 25.3 Å². The number of rotatable bonds is 7. The number of hydrogen-bond acceptors (Lipinski definition) is 6. The van der Waals surface area contributed by atoms with E-state index in [4.69, 9.17) is 4.74 Å². The maximum Gasteiger partial charge on any atom is 0.407 e. The lowest BCUT2D eigenvalue weighted by Crippen LogP contribution is -2.46. The third kappa shape index (κ3) is 4.78. The molecule has 2 aromatic rings. The van der Waals surface area contributed by atoms with Gasteiger partial charge in [-0.25, -0.2) is 14.8 Å². The first-order valence-electron chi connectivity index (χ1n) is 12.1. The Labute approximate surface area is 198 Å². The topological polar surface area (TPSA) is 136 Å². The van der Waals surface area contributed by atoms with Gasteiger partial charge < -0.3 is 29.8 Å². The summed E-state index contributed by atoms with van der Waals surface area (Å²) in [6, 6.07) is -0.910. The van der Waals surface area contributed by atoms with Crippen molar-refractivity contribution in [2.45, 2.75) is 71.0 Å². The molecule has 3 atom stereocenters. The Bertz CT molecular complexity index is 1030. The van der Waals surface area contributed by atoms with E-state index in [9.17, 15) is 14.4 Å². The first-order chi connectivity index (χ1) is 16.4. The van der Waals surface area contributed by atoms with Crippen molar-refractivity contribution in [1.82, 2.24) is 35.1 Å². The number of likely N-dealkylation sites (tertiary alicyclic amines) is 2. The minimum atomic E-state index is -0.690. The summed E-state index contributed by atoms with van der Waals surface area (Å²) in [5.74, 6) is 1.45. The third-order valence-electron chi connectivity index (χ3n) is 6.50. The van der Waals surface area contributed by atoms with Crippen LogP contribution in [-0.2, 0) is 14.3 Å². The van der Waals surface area contributed by atoms with Gasteiger partial charge in [0.15, 0.2) is 0 Å². The Morgan fingerprint density at radius 1 is 1.03 bits per heavy atom. The number of H-pyrrole nitrogens is 2. The number of aromatic nitrogens is 4. The van der Waals surface area contributed by atoms with Crippen LogP contribution in [-0.4, -0.2) is 73.4 Å². The van der Waals surface area contributed by atoms with Crippen molar-refractivity contribution in [3.8, 4) is 11.4 Å². The molecule has 2 saturated heterocycles. The Hall–Kier alpha value is -3.37. The van der Waals surface area contributed by atoms with Gasteiger partial charge in [-0.2, -0.15) is 0 Å². The summed E-state index contributed by atoms with van der Waals surface area (Å²) >= 11 is 0. The fourth-order valence-corrected chi connectivity index (χ4v) is 4.81. The predicted octanol–water partition coefficient (Wildman–Crippen LogP) is 2.67. The highest BCUT2D eigenvalue weighted by Crippen LogP contribution is 2.34. The van der Waals surface area contributed by atoms with Gasteiger partial charge in [-0.1, -0.05) is 6.92 Å². The Morgan fingerprint density at radius 2 is 1.59 bits per heavy atom.